The molecular weight excluding hydrogens is 350 g/mol. The Morgan fingerprint density at radius 1 is 0.929 bits per heavy atom. The molecule has 5 nitrogen and oxygen atoms in total. The number of nitrogens with one attached hydrogen (secondary N) is 2. The van der Waals surface area contributed by atoms with Crippen LogP contribution < -0.4 is 10.6 Å². The van der Waals surface area contributed by atoms with Crippen molar-refractivity contribution >= 4 is 22.5 Å². The average molecular weight is 377 g/mol. The predicted octanol–water partition coefficient (Wildman–Crippen LogP) is 4.62. The molecule has 0 saturated heterocycles. The van der Waals surface area contributed by atoms with Gasteiger partial charge in [-0.2, -0.15) is 0 Å². The van der Waals surface area contributed by atoms with Gasteiger partial charge in [-0.25, -0.2) is 0 Å². The van der Waals surface area contributed by atoms with E-state index in [2.05, 4.69) is 15.6 Å². The molecule has 0 unspecified atom stereocenters. The van der Waals surface area contributed by atoms with E-state index in [-0.39, 0.29) is 11.7 Å². The molecule has 146 valence electrons. The lowest BCUT2D eigenvalue weighted by molar-refractivity contribution is -0.116. The molecule has 0 aliphatic heterocycles. The van der Waals surface area contributed by atoms with Gasteiger partial charge in [0.25, 0.3) is 0 Å². The number of carbonyl (C=O) groups is 1. The fourth-order valence-electron chi connectivity index (χ4n) is 3.23. The second kappa shape index (κ2) is 10.4. The molecule has 0 radical (unpaired) electrons. The third kappa shape index (κ3) is 5.79. The van der Waals surface area contributed by atoms with Crippen LogP contribution in [0.5, 0.6) is 5.75 Å². The van der Waals surface area contributed by atoms with E-state index in [1.165, 1.54) is 0 Å². The van der Waals surface area contributed by atoms with Gasteiger partial charge in [0.15, 0.2) is 0 Å². The molecule has 1 aromatic heterocycles. The van der Waals surface area contributed by atoms with Crippen molar-refractivity contribution in [1.29, 1.82) is 0 Å². The highest BCUT2D eigenvalue weighted by atomic mass is 16.3. The van der Waals surface area contributed by atoms with Crippen molar-refractivity contribution in [2.24, 2.45) is 0 Å². The molecule has 0 atom stereocenters. The minimum absolute atomic E-state index is 0.0807. The lowest BCUT2D eigenvalue weighted by atomic mass is 10.1. The van der Waals surface area contributed by atoms with Crippen molar-refractivity contribution in [1.82, 2.24) is 10.3 Å². The van der Waals surface area contributed by atoms with Crippen molar-refractivity contribution in [2.45, 2.75) is 38.6 Å². The van der Waals surface area contributed by atoms with Gasteiger partial charge in [-0.3, -0.25) is 9.78 Å². The Hall–Kier alpha value is -2.92. The first-order valence-corrected chi connectivity index (χ1v) is 9.85. The first-order valence-electron chi connectivity index (χ1n) is 9.85. The summed E-state index contributed by atoms with van der Waals surface area (Å²) in [7, 11) is 0. The molecule has 3 N–H and O–H groups in total. The van der Waals surface area contributed by atoms with E-state index in [1.54, 1.807) is 12.3 Å². The average Bonchev–Trinajstić information content (AvgIpc) is 2.72. The van der Waals surface area contributed by atoms with Gasteiger partial charge >= 0.3 is 0 Å². The summed E-state index contributed by atoms with van der Waals surface area (Å²) >= 11 is 0. The van der Waals surface area contributed by atoms with Crippen molar-refractivity contribution in [2.75, 3.05) is 11.9 Å². The Kier molecular flexibility index (Phi) is 7.38. The number of anilines is 1. The Labute approximate surface area is 165 Å². The second-order valence-corrected chi connectivity index (χ2v) is 6.90. The van der Waals surface area contributed by atoms with E-state index < -0.39 is 0 Å². The Morgan fingerprint density at radius 2 is 1.75 bits per heavy atom. The molecule has 0 aliphatic rings. The number of hydrogen-bond donors (Lipinski definition) is 3. The number of phenolic OH excluding ortho intramolecular Hbond substituents is 1. The number of nitrogens with zero attached hydrogens (tertiary/aromatic N) is 1. The number of hydrogen-bond acceptors (Lipinski definition) is 4. The van der Waals surface area contributed by atoms with Crippen molar-refractivity contribution in [3.63, 3.8) is 0 Å². The van der Waals surface area contributed by atoms with Gasteiger partial charge in [-0.05, 0) is 49.2 Å². The number of unbranched alkanes of at least 4 members (excludes halogenated alkanes) is 3. The molecule has 0 bridgehead atoms. The van der Waals surface area contributed by atoms with Crippen LogP contribution in [0.1, 0.15) is 37.7 Å². The zero-order valence-corrected chi connectivity index (χ0v) is 16.0. The highest BCUT2D eigenvalue weighted by Gasteiger charge is 2.05. The number of rotatable bonds is 10. The second-order valence-electron chi connectivity index (χ2n) is 6.90. The molecule has 3 rings (SSSR count). The van der Waals surface area contributed by atoms with Crippen molar-refractivity contribution < 1.29 is 9.90 Å². The summed E-state index contributed by atoms with van der Waals surface area (Å²) in [5, 5.41) is 17.3. The smallest absolute Gasteiger partial charge is 0.224 e. The first-order chi connectivity index (χ1) is 13.7. The molecular formula is C23H27N3O2. The number of carbonyl (C=O) groups excluding carboxylic acids is 1. The summed E-state index contributed by atoms with van der Waals surface area (Å²) in [6.45, 7) is 1.68. The zero-order chi connectivity index (χ0) is 19.6. The minimum Gasteiger partial charge on any atom is -0.506 e. The standard InChI is InChI=1S/C23H27N3O2/c27-21-14-13-18(20-11-8-16-25-23(20)21)17-24-15-7-2-1-6-12-22(28)26-19-9-4-3-5-10-19/h3-5,8-11,13-14,16,24,27H,1-2,6-7,12,15,17H2,(H,26,28). The number of aromatic hydroxyl groups is 1. The molecule has 0 spiro atoms. The normalized spacial score (nSPS) is 10.9. The summed E-state index contributed by atoms with van der Waals surface area (Å²) in [4.78, 5) is 16.1. The topological polar surface area (TPSA) is 74.2 Å². The lowest BCUT2D eigenvalue weighted by Gasteiger charge is -2.09. The predicted molar refractivity (Wildman–Crippen MR) is 113 cm³/mol. The van der Waals surface area contributed by atoms with Gasteiger partial charge in [0.2, 0.25) is 5.91 Å². The van der Waals surface area contributed by atoms with Gasteiger partial charge < -0.3 is 15.7 Å². The third-order valence-corrected chi connectivity index (χ3v) is 4.72. The number of aromatic nitrogens is 1. The van der Waals surface area contributed by atoms with Crippen molar-refractivity contribution in [3.8, 4) is 5.75 Å². The van der Waals surface area contributed by atoms with E-state index in [4.69, 9.17) is 0 Å². The van der Waals surface area contributed by atoms with E-state index >= 15 is 0 Å². The molecule has 0 saturated carbocycles. The lowest BCUT2D eigenvalue weighted by Crippen LogP contribution is -2.15. The third-order valence-electron chi connectivity index (χ3n) is 4.72. The molecule has 3 aromatic rings. The van der Waals surface area contributed by atoms with E-state index in [0.29, 0.717) is 11.9 Å². The van der Waals surface area contributed by atoms with Gasteiger partial charge in [0.05, 0.1) is 0 Å². The number of fused-ring (bicyclic) bond motifs is 1. The first kappa shape index (κ1) is 19.8. The number of pyridine rings is 1. The summed E-state index contributed by atoms with van der Waals surface area (Å²) in [6.07, 6.45) is 6.40. The van der Waals surface area contributed by atoms with Gasteiger partial charge in [0.1, 0.15) is 11.3 Å². The molecule has 5 heteroatoms. The molecule has 0 fully saturated rings. The van der Waals surface area contributed by atoms with E-state index in [0.717, 1.165) is 55.4 Å². The van der Waals surface area contributed by atoms with Gasteiger partial charge in [-0.1, -0.05) is 43.2 Å². The maximum atomic E-state index is 11.9. The molecule has 0 aliphatic carbocycles. The molecule has 1 heterocycles. The molecule has 2 aromatic carbocycles. The SMILES string of the molecule is O=C(CCCCCCNCc1ccc(O)c2ncccc12)Nc1ccccc1. The largest absolute Gasteiger partial charge is 0.506 e. The van der Waals surface area contributed by atoms with Crippen LogP contribution in [-0.2, 0) is 11.3 Å². The van der Waals surface area contributed by atoms with Crippen LogP contribution in [0.4, 0.5) is 5.69 Å². The number of amides is 1. The van der Waals surface area contributed by atoms with Crippen LogP contribution in [0.2, 0.25) is 0 Å². The summed E-state index contributed by atoms with van der Waals surface area (Å²) < 4.78 is 0. The zero-order valence-electron chi connectivity index (χ0n) is 16.0. The Balaban J connectivity index is 1.29. The van der Waals surface area contributed by atoms with Crippen LogP contribution in [-0.4, -0.2) is 22.5 Å². The molecule has 1 amide bonds. The quantitative estimate of drug-likeness (QED) is 0.451. The van der Waals surface area contributed by atoms with Crippen LogP contribution in [0.25, 0.3) is 10.9 Å². The van der Waals surface area contributed by atoms with Crippen LogP contribution in [0.15, 0.2) is 60.8 Å². The maximum Gasteiger partial charge on any atom is 0.224 e. The minimum atomic E-state index is 0.0807. The number of benzene rings is 2. The Morgan fingerprint density at radius 3 is 2.61 bits per heavy atom. The fraction of sp³-hybridized carbons (Fsp3) is 0.304. The fourth-order valence-corrected chi connectivity index (χ4v) is 3.23. The van der Waals surface area contributed by atoms with Gasteiger partial charge in [0, 0.05) is 30.2 Å². The van der Waals surface area contributed by atoms with Crippen LogP contribution in [0, 0.1) is 0 Å². The van der Waals surface area contributed by atoms with Crippen LogP contribution >= 0.6 is 0 Å². The van der Waals surface area contributed by atoms with E-state index in [1.807, 2.05) is 48.5 Å². The number of phenols is 1. The Bertz CT molecular complexity index is 897. The highest BCUT2D eigenvalue weighted by Crippen LogP contribution is 2.25. The summed E-state index contributed by atoms with van der Waals surface area (Å²) in [5.74, 6) is 0.299. The monoisotopic (exact) mass is 377 g/mol. The maximum absolute atomic E-state index is 11.9. The van der Waals surface area contributed by atoms with Gasteiger partial charge in [-0.15, -0.1) is 0 Å². The highest BCUT2D eigenvalue weighted by molar-refractivity contribution is 5.90. The van der Waals surface area contributed by atoms with Crippen molar-refractivity contribution in [3.05, 3.63) is 66.4 Å². The summed E-state index contributed by atoms with van der Waals surface area (Å²) in [5.41, 5.74) is 2.64. The molecule has 28 heavy (non-hydrogen) atoms. The van der Waals surface area contributed by atoms with Crippen LogP contribution in [0.3, 0.4) is 0 Å². The summed E-state index contributed by atoms with van der Waals surface area (Å²) in [6, 6.07) is 17.1. The van der Waals surface area contributed by atoms with E-state index in [9.17, 15) is 9.90 Å². The number of para-hydroxylation sites is 1.